The van der Waals surface area contributed by atoms with Crippen molar-refractivity contribution in [2.24, 2.45) is 0 Å². The molecule has 3 heterocycles. The molecule has 138 valence electrons. The van der Waals surface area contributed by atoms with Crippen LogP contribution in [0.3, 0.4) is 0 Å². The van der Waals surface area contributed by atoms with Gasteiger partial charge in [0.2, 0.25) is 5.95 Å². The number of pyridine rings is 1. The summed E-state index contributed by atoms with van der Waals surface area (Å²) in [6, 6.07) is 8.63. The van der Waals surface area contributed by atoms with E-state index in [0.717, 1.165) is 43.8 Å². The summed E-state index contributed by atoms with van der Waals surface area (Å²) in [6.45, 7) is 3.84. The largest absolute Gasteiger partial charge is 0.353 e. The summed E-state index contributed by atoms with van der Waals surface area (Å²) in [4.78, 5) is 18.4. The molecule has 1 saturated carbocycles. The maximum atomic E-state index is 4.79. The van der Waals surface area contributed by atoms with Gasteiger partial charge in [-0.2, -0.15) is 4.98 Å². The average molecular weight is 352 g/mol. The molecule has 26 heavy (non-hydrogen) atoms. The Hall–Kier alpha value is -2.37. The Morgan fingerprint density at radius 2 is 1.50 bits per heavy atom. The lowest BCUT2D eigenvalue weighted by molar-refractivity contribution is 0.612. The molecule has 0 unspecified atom stereocenters. The molecule has 1 aliphatic heterocycles. The quantitative estimate of drug-likeness (QED) is 0.852. The van der Waals surface area contributed by atoms with Gasteiger partial charge < -0.3 is 15.1 Å². The summed E-state index contributed by atoms with van der Waals surface area (Å²) in [5.74, 6) is 2.86. The molecule has 6 nitrogen and oxygen atoms in total. The first-order valence-electron chi connectivity index (χ1n) is 9.89. The first kappa shape index (κ1) is 17.1. The van der Waals surface area contributed by atoms with Crippen LogP contribution in [0.1, 0.15) is 38.5 Å². The number of nitrogens with one attached hydrogen (secondary N) is 1. The Bertz CT molecular complexity index is 676. The number of piperazine rings is 1. The Kier molecular flexibility index (Phi) is 5.47. The summed E-state index contributed by atoms with van der Waals surface area (Å²) in [6.07, 6.45) is 11.6. The van der Waals surface area contributed by atoms with E-state index >= 15 is 0 Å². The molecule has 0 amide bonds. The van der Waals surface area contributed by atoms with Crippen LogP contribution >= 0.6 is 0 Å². The van der Waals surface area contributed by atoms with E-state index in [1.807, 2.05) is 30.6 Å². The van der Waals surface area contributed by atoms with Crippen molar-refractivity contribution >= 4 is 17.6 Å². The topological polar surface area (TPSA) is 57.2 Å². The van der Waals surface area contributed by atoms with Crippen LogP contribution in [-0.4, -0.2) is 47.2 Å². The number of anilines is 3. The van der Waals surface area contributed by atoms with E-state index in [2.05, 4.69) is 31.2 Å². The van der Waals surface area contributed by atoms with Crippen LogP contribution in [0.15, 0.2) is 36.7 Å². The standard InChI is InChI=1S/C20H28N6/c1-2-4-8-17(7-3-1)23-20-22-12-10-19(24-20)26-15-13-25(14-16-26)18-9-5-6-11-21-18/h5-6,9-12,17H,1-4,7-8,13-16H2,(H,22,23,24). The van der Waals surface area contributed by atoms with Gasteiger partial charge >= 0.3 is 0 Å². The maximum absolute atomic E-state index is 4.79. The van der Waals surface area contributed by atoms with Crippen molar-refractivity contribution in [3.05, 3.63) is 36.7 Å². The molecule has 0 spiro atoms. The molecule has 2 fully saturated rings. The Morgan fingerprint density at radius 3 is 2.19 bits per heavy atom. The normalized spacial score (nSPS) is 19.2. The van der Waals surface area contributed by atoms with Crippen molar-refractivity contribution in [2.75, 3.05) is 41.3 Å². The second kappa shape index (κ2) is 8.34. The summed E-state index contributed by atoms with van der Waals surface area (Å²) in [5.41, 5.74) is 0. The van der Waals surface area contributed by atoms with Gasteiger partial charge in [-0.05, 0) is 31.0 Å². The van der Waals surface area contributed by atoms with Crippen LogP contribution in [0.25, 0.3) is 0 Å². The number of aromatic nitrogens is 3. The van der Waals surface area contributed by atoms with Crippen LogP contribution < -0.4 is 15.1 Å². The molecule has 2 aliphatic rings. The fourth-order valence-corrected chi connectivity index (χ4v) is 3.91. The molecule has 0 aromatic carbocycles. The second-order valence-corrected chi connectivity index (χ2v) is 7.23. The third-order valence-corrected chi connectivity index (χ3v) is 5.41. The fourth-order valence-electron chi connectivity index (χ4n) is 3.91. The lowest BCUT2D eigenvalue weighted by Gasteiger charge is -2.36. The molecule has 0 radical (unpaired) electrons. The zero-order valence-corrected chi connectivity index (χ0v) is 15.3. The highest BCUT2D eigenvalue weighted by molar-refractivity contribution is 5.46. The van der Waals surface area contributed by atoms with Gasteiger partial charge in [-0.15, -0.1) is 0 Å². The fraction of sp³-hybridized carbons (Fsp3) is 0.550. The number of rotatable bonds is 4. The van der Waals surface area contributed by atoms with E-state index in [-0.39, 0.29) is 0 Å². The van der Waals surface area contributed by atoms with Crippen molar-refractivity contribution in [3.63, 3.8) is 0 Å². The zero-order chi connectivity index (χ0) is 17.6. The minimum absolute atomic E-state index is 0.522. The van der Waals surface area contributed by atoms with Gasteiger partial charge in [0.25, 0.3) is 0 Å². The van der Waals surface area contributed by atoms with Crippen LogP contribution in [0, 0.1) is 0 Å². The Labute approximate surface area is 155 Å². The SMILES string of the molecule is c1ccc(N2CCN(c3ccnc(NC4CCCCCC4)n3)CC2)nc1. The highest BCUT2D eigenvalue weighted by Gasteiger charge is 2.20. The van der Waals surface area contributed by atoms with Crippen molar-refractivity contribution in [1.29, 1.82) is 0 Å². The van der Waals surface area contributed by atoms with Crippen LogP contribution in [-0.2, 0) is 0 Å². The second-order valence-electron chi connectivity index (χ2n) is 7.23. The Morgan fingerprint density at radius 1 is 0.769 bits per heavy atom. The molecular weight excluding hydrogens is 324 g/mol. The van der Waals surface area contributed by atoms with Gasteiger partial charge in [0.1, 0.15) is 11.6 Å². The highest BCUT2D eigenvalue weighted by Crippen LogP contribution is 2.21. The Balaban J connectivity index is 1.36. The van der Waals surface area contributed by atoms with Crippen molar-refractivity contribution in [1.82, 2.24) is 15.0 Å². The van der Waals surface area contributed by atoms with E-state index in [1.165, 1.54) is 38.5 Å². The van der Waals surface area contributed by atoms with Crippen molar-refractivity contribution in [2.45, 2.75) is 44.6 Å². The molecule has 0 atom stereocenters. The molecule has 1 saturated heterocycles. The van der Waals surface area contributed by atoms with E-state index in [9.17, 15) is 0 Å². The lowest BCUT2D eigenvalue weighted by Crippen LogP contribution is -2.47. The predicted octanol–water partition coefficient (Wildman–Crippen LogP) is 3.33. The van der Waals surface area contributed by atoms with Gasteiger partial charge in [-0.3, -0.25) is 0 Å². The maximum Gasteiger partial charge on any atom is 0.224 e. The number of hydrogen-bond acceptors (Lipinski definition) is 6. The van der Waals surface area contributed by atoms with E-state index in [0.29, 0.717) is 6.04 Å². The molecule has 6 heteroatoms. The predicted molar refractivity (Wildman–Crippen MR) is 106 cm³/mol. The minimum Gasteiger partial charge on any atom is -0.353 e. The van der Waals surface area contributed by atoms with Crippen molar-refractivity contribution in [3.8, 4) is 0 Å². The van der Waals surface area contributed by atoms with E-state index in [1.54, 1.807) is 0 Å². The summed E-state index contributed by atoms with van der Waals surface area (Å²) >= 11 is 0. The molecular formula is C20H28N6. The number of nitrogens with zero attached hydrogens (tertiary/aromatic N) is 5. The third kappa shape index (κ3) is 4.23. The van der Waals surface area contributed by atoms with E-state index in [4.69, 9.17) is 4.98 Å². The molecule has 2 aromatic heterocycles. The zero-order valence-electron chi connectivity index (χ0n) is 15.3. The van der Waals surface area contributed by atoms with Gasteiger partial charge in [0.05, 0.1) is 0 Å². The van der Waals surface area contributed by atoms with Crippen LogP contribution in [0.2, 0.25) is 0 Å². The van der Waals surface area contributed by atoms with Crippen LogP contribution in [0.5, 0.6) is 0 Å². The number of hydrogen-bond donors (Lipinski definition) is 1. The molecule has 0 bridgehead atoms. The summed E-state index contributed by atoms with van der Waals surface area (Å²) < 4.78 is 0. The van der Waals surface area contributed by atoms with Gasteiger partial charge in [0, 0.05) is 44.6 Å². The molecule has 4 rings (SSSR count). The van der Waals surface area contributed by atoms with Gasteiger partial charge in [-0.1, -0.05) is 31.7 Å². The van der Waals surface area contributed by atoms with E-state index < -0.39 is 0 Å². The van der Waals surface area contributed by atoms with Crippen LogP contribution in [0.4, 0.5) is 17.6 Å². The molecule has 1 N–H and O–H groups in total. The molecule has 1 aliphatic carbocycles. The first-order valence-corrected chi connectivity index (χ1v) is 9.89. The average Bonchev–Trinajstić information content (AvgIpc) is 2.98. The lowest BCUT2D eigenvalue weighted by atomic mass is 10.1. The monoisotopic (exact) mass is 352 g/mol. The minimum atomic E-state index is 0.522. The summed E-state index contributed by atoms with van der Waals surface area (Å²) in [5, 5.41) is 3.57. The smallest absolute Gasteiger partial charge is 0.224 e. The first-order chi connectivity index (χ1) is 12.9. The highest BCUT2D eigenvalue weighted by atomic mass is 15.3. The summed E-state index contributed by atoms with van der Waals surface area (Å²) in [7, 11) is 0. The molecule has 2 aromatic rings. The van der Waals surface area contributed by atoms with Crippen molar-refractivity contribution < 1.29 is 0 Å². The van der Waals surface area contributed by atoms with Gasteiger partial charge in [0.15, 0.2) is 0 Å². The third-order valence-electron chi connectivity index (χ3n) is 5.41. The van der Waals surface area contributed by atoms with Gasteiger partial charge in [-0.25, -0.2) is 9.97 Å².